The first-order valence-corrected chi connectivity index (χ1v) is 4.62. The van der Waals surface area contributed by atoms with Gasteiger partial charge in [0.25, 0.3) is 0 Å². The van der Waals surface area contributed by atoms with Gasteiger partial charge >= 0.3 is 0 Å². The van der Waals surface area contributed by atoms with Gasteiger partial charge in [-0.25, -0.2) is 0 Å². The second-order valence-corrected chi connectivity index (χ2v) is 3.15. The van der Waals surface area contributed by atoms with Crippen molar-refractivity contribution >= 4 is 0 Å². The van der Waals surface area contributed by atoms with Crippen LogP contribution in [0.5, 0.6) is 11.5 Å². The van der Waals surface area contributed by atoms with E-state index in [4.69, 9.17) is 4.74 Å². The van der Waals surface area contributed by atoms with E-state index in [1.807, 2.05) is 0 Å². The van der Waals surface area contributed by atoms with Gasteiger partial charge in [-0.1, -0.05) is 0 Å². The van der Waals surface area contributed by atoms with Crippen molar-refractivity contribution in [2.45, 2.75) is 6.92 Å². The smallest absolute Gasteiger partial charge is 0.207 e. The minimum absolute atomic E-state index is 0.0341. The molecule has 0 aliphatic carbocycles. The Morgan fingerprint density at radius 1 is 1.12 bits per heavy atom. The van der Waals surface area contributed by atoms with Gasteiger partial charge in [0.1, 0.15) is 11.5 Å². The molecule has 0 atom stereocenters. The van der Waals surface area contributed by atoms with Crippen molar-refractivity contribution in [1.29, 1.82) is 0 Å². The van der Waals surface area contributed by atoms with E-state index in [1.165, 1.54) is 13.2 Å². The van der Waals surface area contributed by atoms with E-state index in [0.717, 1.165) is 0 Å². The fourth-order valence-corrected chi connectivity index (χ4v) is 1.21. The first-order valence-electron chi connectivity index (χ1n) is 4.62. The van der Waals surface area contributed by atoms with Crippen LogP contribution in [0.2, 0.25) is 0 Å². The average molecular weight is 218 g/mol. The third kappa shape index (κ3) is 1.90. The number of hydrogen-bond acceptors (Lipinski definition) is 6. The summed E-state index contributed by atoms with van der Waals surface area (Å²) in [6.07, 6.45) is 0. The number of aromatic nitrogens is 4. The fraction of sp³-hybridized carbons (Fsp3) is 0.200. The van der Waals surface area contributed by atoms with Crippen LogP contribution < -0.4 is 4.74 Å². The highest BCUT2D eigenvalue weighted by atomic mass is 16.5. The molecule has 0 amide bonds. The number of ether oxygens (including phenoxy) is 1. The third-order valence-corrected chi connectivity index (χ3v) is 2.02. The van der Waals surface area contributed by atoms with E-state index >= 15 is 0 Å². The Bertz CT molecular complexity index is 499. The second kappa shape index (κ2) is 4.09. The average Bonchev–Trinajstić information content (AvgIpc) is 2.30. The molecule has 0 radical (unpaired) electrons. The summed E-state index contributed by atoms with van der Waals surface area (Å²) < 4.78 is 4.97. The van der Waals surface area contributed by atoms with Crippen molar-refractivity contribution in [3.63, 3.8) is 0 Å². The molecule has 0 spiro atoms. The van der Waals surface area contributed by atoms with Gasteiger partial charge < -0.3 is 9.84 Å². The van der Waals surface area contributed by atoms with Crippen molar-refractivity contribution in [3.8, 4) is 22.9 Å². The van der Waals surface area contributed by atoms with Gasteiger partial charge in [0.15, 0.2) is 5.82 Å². The van der Waals surface area contributed by atoms with Crippen LogP contribution in [0.25, 0.3) is 11.4 Å². The largest absolute Gasteiger partial charge is 0.507 e. The zero-order chi connectivity index (χ0) is 11.5. The molecule has 6 heteroatoms. The predicted octanol–water partition coefficient (Wildman–Crippen LogP) is 0.956. The van der Waals surface area contributed by atoms with Crippen LogP contribution in [0.4, 0.5) is 0 Å². The van der Waals surface area contributed by atoms with Crippen molar-refractivity contribution < 1.29 is 9.84 Å². The van der Waals surface area contributed by atoms with Gasteiger partial charge in [0.2, 0.25) is 5.82 Å². The summed E-state index contributed by atoms with van der Waals surface area (Å²) in [4.78, 5) is 0. The maximum atomic E-state index is 9.73. The number of nitrogens with zero attached hydrogens (tertiary/aromatic N) is 4. The molecule has 82 valence electrons. The first kappa shape index (κ1) is 10.3. The minimum atomic E-state index is 0.0341. The molecule has 0 saturated carbocycles. The lowest BCUT2D eigenvalue weighted by molar-refractivity contribution is 0.408. The van der Waals surface area contributed by atoms with Crippen LogP contribution in [-0.4, -0.2) is 32.6 Å². The normalized spacial score (nSPS) is 10.1. The quantitative estimate of drug-likeness (QED) is 0.808. The van der Waals surface area contributed by atoms with Gasteiger partial charge in [0.05, 0.1) is 12.7 Å². The van der Waals surface area contributed by atoms with Gasteiger partial charge in [-0.2, -0.15) is 0 Å². The van der Waals surface area contributed by atoms with Gasteiger partial charge in [-0.15, -0.1) is 20.4 Å². The van der Waals surface area contributed by atoms with Crippen molar-refractivity contribution in [2.75, 3.05) is 7.11 Å². The Kier molecular flexibility index (Phi) is 2.63. The molecule has 2 aromatic rings. The molecule has 2 rings (SSSR count). The molecule has 1 aromatic heterocycles. The lowest BCUT2D eigenvalue weighted by atomic mass is 10.2. The minimum Gasteiger partial charge on any atom is -0.507 e. The van der Waals surface area contributed by atoms with Gasteiger partial charge in [-0.05, 0) is 19.1 Å². The number of phenols is 1. The summed E-state index contributed by atoms with van der Waals surface area (Å²) in [5.74, 6) is 1.36. The Balaban J connectivity index is 2.44. The molecule has 1 N–H and O–H groups in total. The van der Waals surface area contributed by atoms with Gasteiger partial charge in [-0.3, -0.25) is 0 Å². The first-order chi connectivity index (χ1) is 7.70. The summed E-state index contributed by atoms with van der Waals surface area (Å²) in [6, 6.07) is 4.85. The Labute approximate surface area is 91.9 Å². The summed E-state index contributed by atoms with van der Waals surface area (Å²) in [6.45, 7) is 1.69. The second-order valence-electron chi connectivity index (χ2n) is 3.15. The highest BCUT2D eigenvalue weighted by molar-refractivity contribution is 5.64. The number of benzene rings is 1. The monoisotopic (exact) mass is 218 g/mol. The summed E-state index contributed by atoms with van der Waals surface area (Å²) in [5, 5.41) is 25.0. The lowest BCUT2D eigenvalue weighted by Gasteiger charge is -2.04. The maximum absolute atomic E-state index is 9.73. The molecule has 1 aromatic carbocycles. The fourth-order valence-electron chi connectivity index (χ4n) is 1.21. The number of hydrogen-bond donors (Lipinski definition) is 1. The van der Waals surface area contributed by atoms with Crippen molar-refractivity contribution in [1.82, 2.24) is 20.4 Å². The predicted molar refractivity (Wildman–Crippen MR) is 56.0 cm³/mol. The molecular weight excluding hydrogens is 208 g/mol. The zero-order valence-electron chi connectivity index (χ0n) is 8.88. The number of aromatic hydroxyl groups is 1. The number of methoxy groups -OCH3 is 1. The third-order valence-electron chi connectivity index (χ3n) is 2.02. The standard InChI is InChI=1S/C10H10N4O2/c1-6-11-13-10(14-12-6)8-4-3-7(16-2)5-9(8)15/h3-5,15H,1-2H3. The highest BCUT2D eigenvalue weighted by Crippen LogP contribution is 2.29. The molecule has 0 aliphatic rings. The zero-order valence-corrected chi connectivity index (χ0v) is 8.88. The molecule has 0 fully saturated rings. The summed E-state index contributed by atoms with van der Waals surface area (Å²) in [5.41, 5.74) is 0.473. The van der Waals surface area contributed by atoms with E-state index in [2.05, 4.69) is 20.4 Å². The lowest BCUT2D eigenvalue weighted by Crippen LogP contribution is -1.98. The van der Waals surface area contributed by atoms with Crippen LogP contribution in [0.3, 0.4) is 0 Å². The Hall–Kier alpha value is -2.24. The van der Waals surface area contributed by atoms with E-state index in [1.54, 1.807) is 19.1 Å². The number of rotatable bonds is 2. The SMILES string of the molecule is COc1ccc(-c2nnc(C)nn2)c(O)c1. The van der Waals surface area contributed by atoms with Crippen LogP contribution in [-0.2, 0) is 0 Å². The Morgan fingerprint density at radius 3 is 2.38 bits per heavy atom. The molecule has 1 heterocycles. The van der Waals surface area contributed by atoms with E-state index < -0.39 is 0 Å². The van der Waals surface area contributed by atoms with Crippen LogP contribution in [0.1, 0.15) is 5.82 Å². The molecule has 6 nitrogen and oxygen atoms in total. The van der Waals surface area contributed by atoms with Crippen LogP contribution >= 0.6 is 0 Å². The van der Waals surface area contributed by atoms with E-state index in [-0.39, 0.29) is 11.6 Å². The molecule has 0 saturated heterocycles. The molecule has 0 aliphatic heterocycles. The molecule has 0 unspecified atom stereocenters. The maximum Gasteiger partial charge on any atom is 0.207 e. The van der Waals surface area contributed by atoms with Crippen molar-refractivity contribution in [3.05, 3.63) is 24.0 Å². The van der Waals surface area contributed by atoms with E-state index in [0.29, 0.717) is 17.1 Å². The number of aryl methyl sites for hydroxylation is 1. The summed E-state index contributed by atoms with van der Waals surface area (Å²) in [7, 11) is 1.53. The Morgan fingerprint density at radius 2 is 1.81 bits per heavy atom. The number of phenolic OH excluding ortho intramolecular Hbond substituents is 1. The molecular formula is C10H10N4O2. The highest BCUT2D eigenvalue weighted by Gasteiger charge is 2.09. The topological polar surface area (TPSA) is 81.0 Å². The van der Waals surface area contributed by atoms with Gasteiger partial charge in [0, 0.05) is 6.07 Å². The molecule has 16 heavy (non-hydrogen) atoms. The summed E-state index contributed by atoms with van der Waals surface area (Å²) >= 11 is 0. The van der Waals surface area contributed by atoms with Crippen molar-refractivity contribution in [2.24, 2.45) is 0 Å². The molecule has 0 bridgehead atoms. The van der Waals surface area contributed by atoms with Crippen LogP contribution in [0.15, 0.2) is 18.2 Å². The van der Waals surface area contributed by atoms with Crippen LogP contribution in [0, 0.1) is 6.92 Å². The van der Waals surface area contributed by atoms with E-state index in [9.17, 15) is 5.11 Å².